The van der Waals surface area contributed by atoms with Crippen LogP contribution in [-0.2, 0) is 11.3 Å². The van der Waals surface area contributed by atoms with Crippen LogP contribution in [0.3, 0.4) is 0 Å². The molecular formula is C21H28N6O. The number of aromatic nitrogens is 2. The maximum absolute atomic E-state index is 12.7. The Labute approximate surface area is 166 Å². The first-order valence-corrected chi connectivity index (χ1v) is 10.1. The zero-order valence-corrected chi connectivity index (χ0v) is 16.3. The van der Waals surface area contributed by atoms with Crippen LogP contribution in [0.1, 0.15) is 5.56 Å². The molecule has 2 aliphatic rings. The van der Waals surface area contributed by atoms with Crippen molar-refractivity contribution >= 4 is 11.9 Å². The first-order valence-electron chi connectivity index (χ1n) is 10.1. The number of anilines is 1. The SMILES string of the molecule is O=C(CN1CCN(c2ncccn2)CC1)N1CCN(Cc2ccccc2)CC1. The molecule has 0 aliphatic carbocycles. The normalized spacial score (nSPS) is 19.0. The molecule has 2 saturated heterocycles. The third kappa shape index (κ3) is 4.85. The van der Waals surface area contributed by atoms with Gasteiger partial charge in [0.2, 0.25) is 11.9 Å². The van der Waals surface area contributed by atoms with Gasteiger partial charge in [0.15, 0.2) is 0 Å². The van der Waals surface area contributed by atoms with Gasteiger partial charge in [0, 0.05) is 71.3 Å². The number of amides is 1. The Morgan fingerprint density at radius 3 is 2.11 bits per heavy atom. The lowest BCUT2D eigenvalue weighted by atomic mass is 10.2. The Morgan fingerprint density at radius 2 is 1.43 bits per heavy atom. The maximum atomic E-state index is 12.7. The van der Waals surface area contributed by atoms with Crippen molar-refractivity contribution in [2.45, 2.75) is 6.54 Å². The zero-order chi connectivity index (χ0) is 19.2. The van der Waals surface area contributed by atoms with Crippen molar-refractivity contribution in [2.75, 3.05) is 63.8 Å². The molecule has 7 nitrogen and oxygen atoms in total. The molecule has 1 aromatic carbocycles. The van der Waals surface area contributed by atoms with E-state index in [4.69, 9.17) is 0 Å². The van der Waals surface area contributed by atoms with E-state index in [1.807, 2.05) is 17.0 Å². The molecule has 7 heteroatoms. The van der Waals surface area contributed by atoms with Crippen LogP contribution in [-0.4, -0.2) is 89.5 Å². The fraction of sp³-hybridized carbons (Fsp3) is 0.476. The van der Waals surface area contributed by atoms with Crippen molar-refractivity contribution in [1.29, 1.82) is 0 Å². The molecule has 1 amide bonds. The number of nitrogens with zero attached hydrogens (tertiary/aromatic N) is 6. The highest BCUT2D eigenvalue weighted by atomic mass is 16.2. The molecule has 0 spiro atoms. The van der Waals surface area contributed by atoms with Crippen LogP contribution in [0.2, 0.25) is 0 Å². The molecule has 0 radical (unpaired) electrons. The van der Waals surface area contributed by atoms with Gasteiger partial charge in [-0.05, 0) is 11.6 Å². The van der Waals surface area contributed by atoms with Gasteiger partial charge >= 0.3 is 0 Å². The molecule has 0 saturated carbocycles. The Morgan fingerprint density at radius 1 is 0.786 bits per heavy atom. The summed E-state index contributed by atoms with van der Waals surface area (Å²) in [6.07, 6.45) is 3.55. The van der Waals surface area contributed by atoms with Gasteiger partial charge in [-0.3, -0.25) is 14.6 Å². The van der Waals surface area contributed by atoms with Crippen LogP contribution in [0.25, 0.3) is 0 Å². The molecule has 3 heterocycles. The molecule has 0 atom stereocenters. The third-order valence-corrected chi connectivity index (χ3v) is 5.54. The zero-order valence-electron chi connectivity index (χ0n) is 16.3. The number of hydrogen-bond donors (Lipinski definition) is 0. The smallest absolute Gasteiger partial charge is 0.236 e. The van der Waals surface area contributed by atoms with Gasteiger partial charge in [0.05, 0.1) is 6.54 Å². The van der Waals surface area contributed by atoms with E-state index < -0.39 is 0 Å². The molecule has 0 unspecified atom stereocenters. The largest absolute Gasteiger partial charge is 0.339 e. The average Bonchev–Trinajstić information content (AvgIpc) is 2.76. The summed E-state index contributed by atoms with van der Waals surface area (Å²) >= 11 is 0. The molecule has 28 heavy (non-hydrogen) atoms. The van der Waals surface area contributed by atoms with Gasteiger partial charge in [0.25, 0.3) is 0 Å². The molecule has 2 aromatic rings. The number of hydrogen-bond acceptors (Lipinski definition) is 6. The molecule has 148 valence electrons. The summed E-state index contributed by atoms with van der Waals surface area (Å²) in [5.74, 6) is 1.03. The second-order valence-corrected chi connectivity index (χ2v) is 7.45. The number of piperazine rings is 2. The Hall–Kier alpha value is -2.51. The van der Waals surface area contributed by atoms with Crippen molar-refractivity contribution in [3.05, 3.63) is 54.4 Å². The molecule has 4 rings (SSSR count). The van der Waals surface area contributed by atoms with Crippen LogP contribution in [0.15, 0.2) is 48.8 Å². The molecule has 2 fully saturated rings. The van der Waals surface area contributed by atoms with Gasteiger partial charge in [-0.15, -0.1) is 0 Å². The van der Waals surface area contributed by atoms with E-state index in [1.165, 1.54) is 5.56 Å². The summed E-state index contributed by atoms with van der Waals surface area (Å²) < 4.78 is 0. The highest BCUT2D eigenvalue weighted by molar-refractivity contribution is 5.78. The predicted molar refractivity (Wildman–Crippen MR) is 109 cm³/mol. The van der Waals surface area contributed by atoms with Crippen LogP contribution in [0.4, 0.5) is 5.95 Å². The summed E-state index contributed by atoms with van der Waals surface area (Å²) in [6, 6.07) is 12.4. The highest BCUT2D eigenvalue weighted by Gasteiger charge is 2.25. The van der Waals surface area contributed by atoms with Gasteiger partial charge in [-0.2, -0.15) is 0 Å². The number of rotatable bonds is 5. The Kier molecular flexibility index (Phi) is 6.14. The number of carbonyl (C=O) groups is 1. The molecular weight excluding hydrogens is 352 g/mol. The minimum atomic E-state index is 0.253. The first kappa shape index (κ1) is 18.8. The molecule has 0 bridgehead atoms. The van der Waals surface area contributed by atoms with E-state index in [0.29, 0.717) is 6.54 Å². The van der Waals surface area contributed by atoms with E-state index in [1.54, 1.807) is 12.4 Å². The minimum Gasteiger partial charge on any atom is -0.339 e. The second kappa shape index (κ2) is 9.12. The van der Waals surface area contributed by atoms with E-state index >= 15 is 0 Å². The standard InChI is InChI=1S/C21H28N6O/c28-20(18-25-11-15-27(16-12-25)21-22-7-4-8-23-21)26-13-9-24(10-14-26)17-19-5-2-1-3-6-19/h1-8H,9-18H2. The van der Waals surface area contributed by atoms with E-state index in [0.717, 1.165) is 64.9 Å². The van der Waals surface area contributed by atoms with Gasteiger partial charge in [-0.1, -0.05) is 30.3 Å². The van der Waals surface area contributed by atoms with E-state index in [2.05, 4.69) is 48.9 Å². The predicted octanol–water partition coefficient (Wildman–Crippen LogP) is 0.943. The number of benzene rings is 1. The first-order chi connectivity index (χ1) is 13.8. The summed E-state index contributed by atoms with van der Waals surface area (Å²) in [7, 11) is 0. The van der Waals surface area contributed by atoms with Crippen molar-refractivity contribution < 1.29 is 4.79 Å². The third-order valence-electron chi connectivity index (χ3n) is 5.54. The second-order valence-electron chi connectivity index (χ2n) is 7.45. The van der Waals surface area contributed by atoms with Crippen molar-refractivity contribution in [3.8, 4) is 0 Å². The summed E-state index contributed by atoms with van der Waals surface area (Å²) in [4.78, 5) is 30.2. The van der Waals surface area contributed by atoms with Crippen molar-refractivity contribution in [3.63, 3.8) is 0 Å². The molecule has 1 aromatic heterocycles. The number of carbonyl (C=O) groups excluding carboxylic acids is 1. The lowest BCUT2D eigenvalue weighted by Crippen LogP contribution is -2.53. The van der Waals surface area contributed by atoms with Gasteiger partial charge in [0.1, 0.15) is 0 Å². The van der Waals surface area contributed by atoms with E-state index in [-0.39, 0.29) is 5.91 Å². The average molecular weight is 380 g/mol. The van der Waals surface area contributed by atoms with Crippen LogP contribution in [0, 0.1) is 0 Å². The summed E-state index contributed by atoms with van der Waals surface area (Å²) in [6.45, 7) is 8.49. The minimum absolute atomic E-state index is 0.253. The lowest BCUT2D eigenvalue weighted by molar-refractivity contribution is -0.134. The van der Waals surface area contributed by atoms with Crippen LogP contribution < -0.4 is 4.90 Å². The van der Waals surface area contributed by atoms with E-state index in [9.17, 15) is 4.79 Å². The van der Waals surface area contributed by atoms with Crippen LogP contribution >= 0.6 is 0 Å². The lowest BCUT2D eigenvalue weighted by Gasteiger charge is -2.38. The topological polar surface area (TPSA) is 55.8 Å². The van der Waals surface area contributed by atoms with Crippen LogP contribution in [0.5, 0.6) is 0 Å². The summed E-state index contributed by atoms with van der Waals surface area (Å²) in [5, 5.41) is 0. The quantitative estimate of drug-likeness (QED) is 0.770. The van der Waals surface area contributed by atoms with Gasteiger partial charge < -0.3 is 9.80 Å². The monoisotopic (exact) mass is 380 g/mol. The fourth-order valence-electron chi connectivity index (χ4n) is 3.85. The Balaban J connectivity index is 1.19. The molecule has 0 N–H and O–H groups in total. The Bertz CT molecular complexity index is 740. The maximum Gasteiger partial charge on any atom is 0.236 e. The molecule has 2 aliphatic heterocycles. The van der Waals surface area contributed by atoms with Crippen molar-refractivity contribution in [1.82, 2.24) is 24.7 Å². The highest BCUT2D eigenvalue weighted by Crippen LogP contribution is 2.11. The van der Waals surface area contributed by atoms with Crippen molar-refractivity contribution in [2.24, 2.45) is 0 Å². The van der Waals surface area contributed by atoms with Gasteiger partial charge in [-0.25, -0.2) is 9.97 Å². The fourth-order valence-corrected chi connectivity index (χ4v) is 3.85. The summed E-state index contributed by atoms with van der Waals surface area (Å²) in [5.41, 5.74) is 1.34.